The first-order valence-corrected chi connectivity index (χ1v) is 8.40. The Balaban J connectivity index is 2.27. The third-order valence-electron chi connectivity index (χ3n) is 3.89. The van der Waals surface area contributed by atoms with E-state index in [1.165, 1.54) is 36.8 Å². The van der Waals surface area contributed by atoms with Gasteiger partial charge in [-0.25, -0.2) is 4.98 Å². The quantitative estimate of drug-likeness (QED) is 0.550. The molecule has 0 saturated heterocycles. The van der Waals surface area contributed by atoms with Crippen LogP contribution in [0.15, 0.2) is 18.2 Å². The summed E-state index contributed by atoms with van der Waals surface area (Å²) in [6.07, 6.45) is 5.13. The number of aryl methyl sites for hydroxylation is 1. The van der Waals surface area contributed by atoms with Crippen molar-refractivity contribution in [2.45, 2.75) is 64.7 Å². The van der Waals surface area contributed by atoms with Gasteiger partial charge in [-0.3, -0.25) is 0 Å². The van der Waals surface area contributed by atoms with Crippen LogP contribution in [-0.2, 0) is 12.3 Å². The predicted octanol–water partition coefficient (Wildman–Crippen LogP) is 5.17. The first-order chi connectivity index (χ1) is 9.67. The molecule has 0 saturated carbocycles. The second-order valence-electron chi connectivity index (χ2n) is 5.80. The van der Waals surface area contributed by atoms with Crippen LogP contribution in [0.3, 0.4) is 0 Å². The molecule has 3 heteroatoms. The SMILES string of the molecule is CCCCCCn1c(CS)nc2cc(C(C)C)ccc21. The maximum Gasteiger partial charge on any atom is 0.119 e. The molecule has 110 valence electrons. The zero-order chi connectivity index (χ0) is 14.5. The van der Waals surface area contributed by atoms with Crippen molar-refractivity contribution in [2.75, 3.05) is 0 Å². The maximum absolute atomic E-state index is 4.76. The summed E-state index contributed by atoms with van der Waals surface area (Å²) in [5.41, 5.74) is 3.74. The van der Waals surface area contributed by atoms with Crippen LogP contribution >= 0.6 is 12.6 Å². The minimum Gasteiger partial charge on any atom is -0.327 e. The number of benzene rings is 1. The number of aromatic nitrogens is 2. The maximum atomic E-state index is 4.76. The molecule has 0 atom stereocenters. The second kappa shape index (κ2) is 7.16. The van der Waals surface area contributed by atoms with Gasteiger partial charge in [0.1, 0.15) is 5.82 Å². The highest BCUT2D eigenvalue weighted by atomic mass is 32.1. The number of hydrogen-bond donors (Lipinski definition) is 1. The normalized spacial score (nSPS) is 11.7. The number of fused-ring (bicyclic) bond motifs is 1. The highest BCUT2D eigenvalue weighted by Crippen LogP contribution is 2.23. The molecule has 1 aromatic heterocycles. The van der Waals surface area contributed by atoms with Crippen LogP contribution in [0, 0.1) is 0 Å². The smallest absolute Gasteiger partial charge is 0.119 e. The van der Waals surface area contributed by atoms with Gasteiger partial charge in [0.15, 0.2) is 0 Å². The van der Waals surface area contributed by atoms with E-state index in [2.05, 4.69) is 56.2 Å². The minimum atomic E-state index is 0.550. The van der Waals surface area contributed by atoms with Crippen LogP contribution in [0.5, 0.6) is 0 Å². The van der Waals surface area contributed by atoms with E-state index in [0.717, 1.165) is 17.9 Å². The average Bonchev–Trinajstić information content (AvgIpc) is 2.80. The summed E-state index contributed by atoms with van der Waals surface area (Å²) < 4.78 is 2.35. The van der Waals surface area contributed by atoms with Crippen molar-refractivity contribution in [3.63, 3.8) is 0 Å². The van der Waals surface area contributed by atoms with E-state index >= 15 is 0 Å². The number of imidazole rings is 1. The topological polar surface area (TPSA) is 17.8 Å². The number of thiol groups is 1. The van der Waals surface area contributed by atoms with Gasteiger partial charge in [0.2, 0.25) is 0 Å². The Hall–Kier alpha value is -0.960. The van der Waals surface area contributed by atoms with Crippen LogP contribution in [0.1, 0.15) is 63.8 Å². The van der Waals surface area contributed by atoms with Gasteiger partial charge in [0, 0.05) is 12.3 Å². The lowest BCUT2D eigenvalue weighted by Gasteiger charge is -2.08. The molecule has 2 aromatic rings. The predicted molar refractivity (Wildman–Crippen MR) is 90.7 cm³/mol. The van der Waals surface area contributed by atoms with Crippen LogP contribution < -0.4 is 0 Å². The molecule has 0 spiro atoms. The Morgan fingerprint density at radius 2 is 2.00 bits per heavy atom. The molecular formula is C17H26N2S. The Labute approximate surface area is 128 Å². The van der Waals surface area contributed by atoms with Gasteiger partial charge in [-0.05, 0) is 30.0 Å². The molecular weight excluding hydrogens is 264 g/mol. The first kappa shape index (κ1) is 15.4. The molecule has 2 nitrogen and oxygen atoms in total. The van der Waals surface area contributed by atoms with Gasteiger partial charge < -0.3 is 4.57 Å². The fourth-order valence-electron chi connectivity index (χ4n) is 2.62. The van der Waals surface area contributed by atoms with Gasteiger partial charge in [-0.1, -0.05) is 46.1 Å². The Kier molecular flexibility index (Phi) is 5.53. The zero-order valence-electron chi connectivity index (χ0n) is 12.9. The lowest BCUT2D eigenvalue weighted by molar-refractivity contribution is 0.581. The molecule has 0 unspecified atom stereocenters. The first-order valence-electron chi connectivity index (χ1n) is 7.77. The Morgan fingerprint density at radius 3 is 2.65 bits per heavy atom. The van der Waals surface area contributed by atoms with Crippen molar-refractivity contribution < 1.29 is 0 Å². The molecule has 0 radical (unpaired) electrons. The van der Waals surface area contributed by atoms with Crippen LogP contribution in [0.25, 0.3) is 11.0 Å². The number of hydrogen-bond acceptors (Lipinski definition) is 2. The van der Waals surface area contributed by atoms with Crippen LogP contribution in [0.4, 0.5) is 0 Å². The highest BCUT2D eigenvalue weighted by molar-refractivity contribution is 7.79. The number of nitrogens with zero attached hydrogens (tertiary/aromatic N) is 2. The molecule has 2 rings (SSSR count). The number of unbranched alkanes of at least 4 members (excludes halogenated alkanes) is 3. The van der Waals surface area contributed by atoms with E-state index in [1.807, 2.05) is 0 Å². The monoisotopic (exact) mass is 290 g/mol. The van der Waals surface area contributed by atoms with E-state index in [4.69, 9.17) is 4.98 Å². The number of rotatable bonds is 7. The summed E-state index contributed by atoms with van der Waals surface area (Å²) in [5, 5.41) is 0. The van der Waals surface area contributed by atoms with E-state index in [9.17, 15) is 0 Å². The summed E-state index contributed by atoms with van der Waals surface area (Å²) in [4.78, 5) is 4.76. The minimum absolute atomic E-state index is 0.550. The van der Waals surface area contributed by atoms with Crippen molar-refractivity contribution in [3.05, 3.63) is 29.6 Å². The van der Waals surface area contributed by atoms with Gasteiger partial charge in [0.25, 0.3) is 0 Å². The van der Waals surface area contributed by atoms with Crippen LogP contribution in [-0.4, -0.2) is 9.55 Å². The summed E-state index contributed by atoms with van der Waals surface area (Å²) in [6, 6.07) is 6.69. The van der Waals surface area contributed by atoms with E-state index < -0.39 is 0 Å². The lowest BCUT2D eigenvalue weighted by Crippen LogP contribution is -2.02. The molecule has 0 amide bonds. The molecule has 20 heavy (non-hydrogen) atoms. The standard InChI is InChI=1S/C17H26N2S/c1-4-5-6-7-10-19-16-9-8-14(13(2)3)11-15(16)18-17(19)12-20/h8-9,11,13,20H,4-7,10,12H2,1-3H3. The van der Waals surface area contributed by atoms with Crippen LogP contribution in [0.2, 0.25) is 0 Å². The third kappa shape index (κ3) is 3.38. The van der Waals surface area contributed by atoms with E-state index in [-0.39, 0.29) is 0 Å². The van der Waals surface area contributed by atoms with Crippen molar-refractivity contribution in [3.8, 4) is 0 Å². The summed E-state index contributed by atoms with van der Waals surface area (Å²) in [7, 11) is 0. The molecule has 0 aliphatic carbocycles. The summed E-state index contributed by atoms with van der Waals surface area (Å²) in [5.74, 6) is 2.36. The van der Waals surface area contributed by atoms with Crippen molar-refractivity contribution in [1.29, 1.82) is 0 Å². The second-order valence-corrected chi connectivity index (χ2v) is 6.12. The molecule has 1 aromatic carbocycles. The van der Waals surface area contributed by atoms with Crippen molar-refractivity contribution >= 4 is 23.7 Å². The zero-order valence-corrected chi connectivity index (χ0v) is 13.8. The largest absolute Gasteiger partial charge is 0.327 e. The van der Waals surface area contributed by atoms with Gasteiger partial charge in [-0.15, -0.1) is 0 Å². The van der Waals surface area contributed by atoms with E-state index in [0.29, 0.717) is 11.7 Å². The molecule has 0 aliphatic rings. The summed E-state index contributed by atoms with van der Waals surface area (Å²) >= 11 is 4.44. The Bertz CT molecular complexity index is 557. The third-order valence-corrected chi connectivity index (χ3v) is 4.18. The fraction of sp³-hybridized carbons (Fsp3) is 0.588. The van der Waals surface area contributed by atoms with Gasteiger partial charge >= 0.3 is 0 Å². The average molecular weight is 290 g/mol. The molecule has 0 bridgehead atoms. The van der Waals surface area contributed by atoms with E-state index in [1.54, 1.807) is 0 Å². The molecule has 1 heterocycles. The molecule has 0 N–H and O–H groups in total. The molecule has 0 fully saturated rings. The molecule has 0 aliphatic heterocycles. The van der Waals surface area contributed by atoms with Gasteiger partial charge in [-0.2, -0.15) is 12.6 Å². The van der Waals surface area contributed by atoms with Crippen molar-refractivity contribution in [2.24, 2.45) is 0 Å². The summed E-state index contributed by atoms with van der Waals surface area (Å²) in [6.45, 7) is 7.76. The fourth-order valence-corrected chi connectivity index (χ4v) is 2.86. The van der Waals surface area contributed by atoms with Crippen molar-refractivity contribution in [1.82, 2.24) is 9.55 Å². The lowest BCUT2D eigenvalue weighted by atomic mass is 10.0. The highest BCUT2D eigenvalue weighted by Gasteiger charge is 2.10. The van der Waals surface area contributed by atoms with Gasteiger partial charge in [0.05, 0.1) is 11.0 Å². The Morgan fingerprint density at radius 1 is 1.20 bits per heavy atom.